The van der Waals surface area contributed by atoms with Gasteiger partial charge < -0.3 is 9.16 Å². The van der Waals surface area contributed by atoms with Gasteiger partial charge >= 0.3 is 0 Å². The van der Waals surface area contributed by atoms with Crippen LogP contribution in [0.5, 0.6) is 0 Å². The van der Waals surface area contributed by atoms with Crippen LogP contribution in [0.2, 0.25) is 13.1 Å². The lowest BCUT2D eigenvalue weighted by atomic mass is 9.62. The van der Waals surface area contributed by atoms with E-state index in [-0.39, 0.29) is 16.9 Å². The van der Waals surface area contributed by atoms with Crippen molar-refractivity contribution in [1.82, 2.24) is 0 Å². The zero-order chi connectivity index (χ0) is 20.1. The van der Waals surface area contributed by atoms with E-state index in [0.717, 1.165) is 17.8 Å². The summed E-state index contributed by atoms with van der Waals surface area (Å²) < 4.78 is 12.5. The number of carbonyl (C=O) groups excluding carboxylic acids is 1. The van der Waals surface area contributed by atoms with E-state index in [1.54, 1.807) is 0 Å². The number of ether oxygens (including phenoxy) is 1. The van der Waals surface area contributed by atoms with Crippen molar-refractivity contribution in [2.75, 3.05) is 12.4 Å². The number of hydrogen-bond donors (Lipinski definition) is 0. The van der Waals surface area contributed by atoms with Gasteiger partial charge in [-0.3, -0.25) is 4.79 Å². The minimum Gasteiger partial charge on any atom is -0.548 e. The molecule has 0 aromatic heterocycles. The topological polar surface area (TPSA) is 35.5 Å². The van der Waals surface area contributed by atoms with E-state index in [1.807, 2.05) is 30.8 Å². The smallest absolute Gasteiger partial charge is 0.229 e. The number of carbonyl (C=O) groups is 1. The Hall–Kier alpha value is -1.30. The first kappa shape index (κ1) is 22.0. The monoisotopic (exact) mass is 404 g/mol. The van der Waals surface area contributed by atoms with E-state index in [4.69, 9.17) is 9.16 Å². The zero-order valence-corrected chi connectivity index (χ0v) is 19.3. The maximum absolute atomic E-state index is 11.7. The fourth-order valence-electron chi connectivity index (χ4n) is 3.37. The highest BCUT2D eigenvalue weighted by Gasteiger charge is 2.51. The van der Waals surface area contributed by atoms with Gasteiger partial charge in [-0.15, -0.1) is 11.8 Å². The van der Waals surface area contributed by atoms with Crippen molar-refractivity contribution in [2.45, 2.75) is 51.8 Å². The standard InChI is InChI=1S/C22H32O3SSi/c1-7-24-20-19(25-27(5)6)17(15-23)13-14-22(20,21(2,3)4)16-26-18-11-9-8-10-12-18/h8-15,20,27H,7,16H2,1-6H3. The fourth-order valence-corrected chi connectivity index (χ4v) is 5.57. The van der Waals surface area contributed by atoms with Crippen LogP contribution in [-0.2, 0) is 14.0 Å². The molecule has 0 N–H and O–H groups in total. The van der Waals surface area contributed by atoms with E-state index in [1.165, 1.54) is 4.90 Å². The number of rotatable bonds is 8. The molecule has 0 aliphatic heterocycles. The summed E-state index contributed by atoms with van der Waals surface area (Å²) in [5.74, 6) is 1.57. The molecule has 0 fully saturated rings. The van der Waals surface area contributed by atoms with Gasteiger partial charge in [0.05, 0.1) is 5.57 Å². The Kier molecular flexibility index (Phi) is 7.54. The molecule has 0 bridgehead atoms. The predicted molar refractivity (Wildman–Crippen MR) is 117 cm³/mol. The van der Waals surface area contributed by atoms with Crippen LogP contribution in [0.15, 0.2) is 58.7 Å². The number of thioether (sulfide) groups is 1. The molecule has 1 aliphatic rings. The summed E-state index contributed by atoms with van der Waals surface area (Å²) in [7, 11) is -1.39. The van der Waals surface area contributed by atoms with E-state index in [9.17, 15) is 4.79 Å². The SMILES string of the molecule is CCOC1C(O[SiH](C)C)=C(C=O)C=CC1(CSc1ccccc1)C(C)(C)C. The van der Waals surface area contributed by atoms with Crippen molar-refractivity contribution in [3.63, 3.8) is 0 Å². The number of aldehydes is 1. The first-order valence-corrected chi connectivity index (χ1v) is 13.4. The lowest BCUT2D eigenvalue weighted by molar-refractivity contribution is -0.105. The maximum Gasteiger partial charge on any atom is 0.229 e. The fraction of sp³-hybridized carbons (Fsp3) is 0.500. The molecule has 0 heterocycles. The van der Waals surface area contributed by atoms with Crippen LogP contribution in [0.25, 0.3) is 0 Å². The Bertz CT molecular complexity index is 691. The molecule has 0 amide bonds. The summed E-state index contributed by atoms with van der Waals surface area (Å²) in [6.07, 6.45) is 4.75. The third-order valence-electron chi connectivity index (χ3n) is 4.99. The van der Waals surface area contributed by atoms with E-state index >= 15 is 0 Å². The van der Waals surface area contributed by atoms with Crippen LogP contribution < -0.4 is 0 Å². The third kappa shape index (κ3) is 4.95. The van der Waals surface area contributed by atoms with E-state index in [2.05, 4.69) is 64.2 Å². The Morgan fingerprint density at radius 3 is 2.41 bits per heavy atom. The molecule has 1 aromatic carbocycles. The molecule has 3 nitrogen and oxygen atoms in total. The maximum atomic E-state index is 11.7. The molecule has 148 valence electrons. The van der Waals surface area contributed by atoms with Gasteiger partial charge in [0.15, 0.2) is 6.29 Å². The second-order valence-corrected chi connectivity index (χ2v) is 11.5. The molecular formula is C22H32O3SSi. The van der Waals surface area contributed by atoms with Crippen molar-refractivity contribution in [3.05, 3.63) is 53.8 Å². The highest BCUT2D eigenvalue weighted by Crippen LogP contribution is 2.52. The molecule has 2 unspecified atom stereocenters. The normalized spacial score (nSPS) is 23.0. The highest BCUT2D eigenvalue weighted by atomic mass is 32.2. The first-order valence-electron chi connectivity index (χ1n) is 9.60. The molecule has 0 spiro atoms. The van der Waals surface area contributed by atoms with Crippen molar-refractivity contribution in [1.29, 1.82) is 0 Å². The molecule has 5 heteroatoms. The van der Waals surface area contributed by atoms with E-state index < -0.39 is 9.04 Å². The minimum absolute atomic E-state index is 0.0767. The summed E-state index contributed by atoms with van der Waals surface area (Å²) in [5, 5.41) is 0. The third-order valence-corrected chi connectivity index (χ3v) is 6.94. The highest BCUT2D eigenvalue weighted by molar-refractivity contribution is 7.99. The lowest BCUT2D eigenvalue weighted by Gasteiger charge is -2.50. The Morgan fingerprint density at radius 2 is 1.89 bits per heavy atom. The summed E-state index contributed by atoms with van der Waals surface area (Å²) in [4.78, 5) is 12.9. The van der Waals surface area contributed by atoms with Gasteiger partial charge in [0.25, 0.3) is 0 Å². The molecule has 0 saturated carbocycles. The Balaban J connectivity index is 2.49. The molecule has 1 aliphatic carbocycles. The predicted octanol–water partition coefficient (Wildman–Crippen LogP) is 5.24. The van der Waals surface area contributed by atoms with Crippen LogP contribution in [0, 0.1) is 10.8 Å². The van der Waals surface area contributed by atoms with Gasteiger partial charge in [0.2, 0.25) is 9.04 Å². The molecule has 1 aromatic rings. The molecule has 27 heavy (non-hydrogen) atoms. The largest absolute Gasteiger partial charge is 0.548 e. The second kappa shape index (κ2) is 9.26. The lowest BCUT2D eigenvalue weighted by Crippen LogP contribution is -2.51. The van der Waals surface area contributed by atoms with Crippen LogP contribution in [0.1, 0.15) is 27.7 Å². The first-order chi connectivity index (χ1) is 12.7. The Labute approximate surface area is 169 Å². The van der Waals surface area contributed by atoms with Crippen molar-refractivity contribution >= 4 is 27.1 Å². The van der Waals surface area contributed by atoms with E-state index in [0.29, 0.717) is 12.2 Å². The summed E-state index contributed by atoms with van der Waals surface area (Å²) in [5.41, 5.74) is 0.251. The van der Waals surface area contributed by atoms with Crippen LogP contribution in [-0.4, -0.2) is 33.8 Å². The summed E-state index contributed by atoms with van der Waals surface area (Å²) in [6, 6.07) is 10.4. The quantitative estimate of drug-likeness (QED) is 0.337. The molecular weight excluding hydrogens is 372 g/mol. The minimum atomic E-state index is -1.39. The zero-order valence-electron chi connectivity index (χ0n) is 17.3. The van der Waals surface area contributed by atoms with Gasteiger partial charge in [0.1, 0.15) is 11.9 Å². The molecule has 2 rings (SSSR count). The Morgan fingerprint density at radius 1 is 1.22 bits per heavy atom. The van der Waals surface area contributed by atoms with Crippen LogP contribution in [0.3, 0.4) is 0 Å². The molecule has 0 radical (unpaired) electrons. The van der Waals surface area contributed by atoms with Gasteiger partial charge in [-0.25, -0.2) is 0 Å². The number of benzene rings is 1. The number of allylic oxidation sites excluding steroid dienone is 2. The molecule has 2 atom stereocenters. The van der Waals surface area contributed by atoms with Gasteiger partial charge in [-0.1, -0.05) is 51.1 Å². The average molecular weight is 405 g/mol. The summed E-state index contributed by atoms with van der Waals surface area (Å²) in [6.45, 7) is 13.5. The summed E-state index contributed by atoms with van der Waals surface area (Å²) >= 11 is 1.83. The average Bonchev–Trinajstić information content (AvgIpc) is 2.61. The van der Waals surface area contributed by atoms with Crippen LogP contribution >= 0.6 is 11.8 Å². The molecule has 0 saturated heterocycles. The number of hydrogen-bond acceptors (Lipinski definition) is 4. The second-order valence-electron chi connectivity index (χ2n) is 8.16. The van der Waals surface area contributed by atoms with Crippen LogP contribution in [0.4, 0.5) is 0 Å². The van der Waals surface area contributed by atoms with Crippen molar-refractivity contribution in [3.8, 4) is 0 Å². The van der Waals surface area contributed by atoms with Crippen molar-refractivity contribution < 1.29 is 14.0 Å². The van der Waals surface area contributed by atoms with Gasteiger partial charge in [0, 0.05) is 22.7 Å². The van der Waals surface area contributed by atoms with Gasteiger partial charge in [-0.05, 0) is 37.6 Å². The van der Waals surface area contributed by atoms with Crippen molar-refractivity contribution in [2.24, 2.45) is 10.8 Å². The van der Waals surface area contributed by atoms with Gasteiger partial charge in [-0.2, -0.15) is 0 Å².